The Bertz CT molecular complexity index is 553. The number of hydrogen-bond acceptors (Lipinski definition) is 1. The molecule has 1 N–H and O–H groups in total. The average Bonchev–Trinajstić information content (AvgIpc) is 2.49. The molecular weight excluding hydrogens is 329 g/mol. The van der Waals surface area contributed by atoms with Crippen LogP contribution in [0, 0.1) is 5.82 Å². The summed E-state index contributed by atoms with van der Waals surface area (Å²) in [6, 6.07) is 15.1. The maximum absolute atomic E-state index is 13.0. The van der Waals surface area contributed by atoms with E-state index in [-0.39, 0.29) is 5.82 Å². The number of benzene rings is 2. The molecule has 2 rings (SSSR count). The second-order valence-electron chi connectivity index (χ2n) is 5.25. The zero-order valence-corrected chi connectivity index (χ0v) is 13.9. The fourth-order valence-electron chi connectivity index (χ4n) is 2.46. The fourth-order valence-corrected chi connectivity index (χ4v) is 3.06. The van der Waals surface area contributed by atoms with Gasteiger partial charge >= 0.3 is 0 Å². The molecule has 0 radical (unpaired) electrons. The first-order chi connectivity index (χ1) is 10.2. The van der Waals surface area contributed by atoms with Crippen molar-refractivity contribution in [2.45, 2.75) is 25.7 Å². The summed E-state index contributed by atoms with van der Waals surface area (Å²) in [5.74, 6) is 0.192. The Balaban J connectivity index is 2.15. The third-order valence-electron chi connectivity index (χ3n) is 3.56. The summed E-state index contributed by atoms with van der Waals surface area (Å²) in [6.45, 7) is 4.11. The van der Waals surface area contributed by atoms with Crippen molar-refractivity contribution in [3.8, 4) is 0 Å². The summed E-state index contributed by atoms with van der Waals surface area (Å²) in [7, 11) is 0. The van der Waals surface area contributed by atoms with Crippen LogP contribution in [0.4, 0.5) is 4.39 Å². The van der Waals surface area contributed by atoms with Gasteiger partial charge in [0.1, 0.15) is 5.82 Å². The molecule has 0 aromatic heterocycles. The van der Waals surface area contributed by atoms with Crippen molar-refractivity contribution in [1.29, 1.82) is 0 Å². The van der Waals surface area contributed by atoms with Crippen LogP contribution in [0.5, 0.6) is 0 Å². The Morgan fingerprint density at radius 2 is 1.81 bits per heavy atom. The largest absolute Gasteiger partial charge is 0.316 e. The molecule has 21 heavy (non-hydrogen) atoms. The van der Waals surface area contributed by atoms with E-state index in [0.29, 0.717) is 5.92 Å². The van der Waals surface area contributed by atoms with Crippen LogP contribution < -0.4 is 5.32 Å². The van der Waals surface area contributed by atoms with Crippen molar-refractivity contribution in [1.82, 2.24) is 5.32 Å². The third-order valence-corrected chi connectivity index (χ3v) is 4.28. The van der Waals surface area contributed by atoms with Gasteiger partial charge in [-0.3, -0.25) is 0 Å². The molecule has 0 amide bonds. The normalized spacial score (nSPS) is 12.3. The van der Waals surface area contributed by atoms with Crippen LogP contribution in [0.3, 0.4) is 0 Å². The molecule has 0 heterocycles. The summed E-state index contributed by atoms with van der Waals surface area (Å²) in [6.07, 6.45) is 2.03. The Kier molecular flexibility index (Phi) is 6.40. The molecule has 0 saturated heterocycles. The smallest absolute Gasteiger partial charge is 0.123 e. The van der Waals surface area contributed by atoms with Crippen molar-refractivity contribution in [2.75, 3.05) is 13.1 Å². The van der Waals surface area contributed by atoms with E-state index in [0.717, 1.165) is 36.0 Å². The minimum absolute atomic E-state index is 0.180. The van der Waals surface area contributed by atoms with Gasteiger partial charge in [0, 0.05) is 16.9 Å². The average molecular weight is 350 g/mol. The SMILES string of the molecule is CCCNCC(Cc1ccc(F)cc1)c1ccccc1Br. The first-order valence-electron chi connectivity index (χ1n) is 7.40. The van der Waals surface area contributed by atoms with Crippen molar-refractivity contribution >= 4 is 15.9 Å². The maximum Gasteiger partial charge on any atom is 0.123 e. The van der Waals surface area contributed by atoms with Crippen LogP contribution >= 0.6 is 15.9 Å². The molecule has 0 spiro atoms. The molecule has 0 aliphatic rings. The van der Waals surface area contributed by atoms with E-state index < -0.39 is 0 Å². The van der Waals surface area contributed by atoms with E-state index >= 15 is 0 Å². The molecular formula is C18H21BrFN. The Morgan fingerprint density at radius 3 is 2.48 bits per heavy atom. The lowest BCUT2D eigenvalue weighted by molar-refractivity contribution is 0.574. The van der Waals surface area contributed by atoms with Crippen molar-refractivity contribution in [2.24, 2.45) is 0 Å². The first kappa shape index (κ1) is 16.2. The van der Waals surface area contributed by atoms with Gasteiger partial charge in [-0.15, -0.1) is 0 Å². The van der Waals surface area contributed by atoms with Crippen molar-refractivity contribution in [3.63, 3.8) is 0 Å². The van der Waals surface area contributed by atoms with Crippen molar-refractivity contribution in [3.05, 3.63) is 69.9 Å². The highest BCUT2D eigenvalue weighted by Crippen LogP contribution is 2.27. The van der Waals surface area contributed by atoms with Crippen LogP contribution in [0.2, 0.25) is 0 Å². The minimum Gasteiger partial charge on any atom is -0.316 e. The zero-order chi connectivity index (χ0) is 15.1. The van der Waals surface area contributed by atoms with Crippen LogP contribution in [0.1, 0.15) is 30.4 Å². The quantitative estimate of drug-likeness (QED) is 0.700. The number of hydrogen-bond donors (Lipinski definition) is 1. The van der Waals surface area contributed by atoms with Gasteiger partial charge in [-0.1, -0.05) is 53.2 Å². The van der Waals surface area contributed by atoms with E-state index in [1.54, 1.807) is 0 Å². The number of nitrogens with one attached hydrogen (secondary N) is 1. The summed E-state index contributed by atoms with van der Waals surface area (Å²) >= 11 is 3.64. The minimum atomic E-state index is -0.180. The molecule has 112 valence electrons. The standard InChI is InChI=1S/C18H21BrFN/c1-2-11-21-13-15(17-5-3-4-6-18(17)19)12-14-7-9-16(20)10-8-14/h3-10,15,21H,2,11-13H2,1H3. The molecule has 1 unspecified atom stereocenters. The Labute approximate surface area is 134 Å². The Morgan fingerprint density at radius 1 is 1.10 bits per heavy atom. The predicted molar refractivity (Wildman–Crippen MR) is 90.1 cm³/mol. The Hall–Kier alpha value is -1.19. The van der Waals surface area contributed by atoms with Crippen molar-refractivity contribution < 1.29 is 4.39 Å². The molecule has 0 aliphatic carbocycles. The topological polar surface area (TPSA) is 12.0 Å². The van der Waals surface area contributed by atoms with Gasteiger partial charge in [0.15, 0.2) is 0 Å². The van der Waals surface area contributed by atoms with Crippen LogP contribution in [-0.2, 0) is 6.42 Å². The zero-order valence-electron chi connectivity index (χ0n) is 12.3. The molecule has 0 aliphatic heterocycles. The van der Waals surface area contributed by atoms with Gasteiger partial charge in [-0.2, -0.15) is 0 Å². The highest BCUT2D eigenvalue weighted by atomic mass is 79.9. The van der Waals surface area contributed by atoms with E-state index in [4.69, 9.17) is 0 Å². The lowest BCUT2D eigenvalue weighted by Crippen LogP contribution is -2.24. The van der Waals surface area contributed by atoms with Gasteiger partial charge in [0.25, 0.3) is 0 Å². The summed E-state index contributed by atoms with van der Waals surface area (Å²) in [4.78, 5) is 0. The monoisotopic (exact) mass is 349 g/mol. The predicted octanol–water partition coefficient (Wildman–Crippen LogP) is 4.91. The molecule has 0 fully saturated rings. The van der Waals surface area contributed by atoms with E-state index in [9.17, 15) is 4.39 Å². The number of halogens is 2. The summed E-state index contributed by atoms with van der Waals surface area (Å²) in [5.41, 5.74) is 2.46. The van der Waals surface area contributed by atoms with Gasteiger partial charge in [0.05, 0.1) is 0 Å². The van der Waals surface area contributed by atoms with Crippen LogP contribution in [0.25, 0.3) is 0 Å². The highest BCUT2D eigenvalue weighted by Gasteiger charge is 2.14. The van der Waals surface area contributed by atoms with E-state index in [1.165, 1.54) is 17.7 Å². The van der Waals surface area contributed by atoms with Gasteiger partial charge in [-0.05, 0) is 48.7 Å². The molecule has 1 nitrogen and oxygen atoms in total. The lowest BCUT2D eigenvalue weighted by atomic mass is 9.92. The van der Waals surface area contributed by atoms with Gasteiger partial charge < -0.3 is 5.32 Å². The molecule has 2 aromatic rings. The lowest BCUT2D eigenvalue weighted by Gasteiger charge is -2.19. The molecule has 0 saturated carbocycles. The van der Waals surface area contributed by atoms with E-state index in [1.807, 2.05) is 18.2 Å². The van der Waals surface area contributed by atoms with Gasteiger partial charge in [0.2, 0.25) is 0 Å². The summed E-state index contributed by atoms with van der Waals surface area (Å²) in [5, 5.41) is 3.50. The molecule has 1 atom stereocenters. The first-order valence-corrected chi connectivity index (χ1v) is 8.19. The molecule has 3 heteroatoms. The maximum atomic E-state index is 13.0. The third kappa shape index (κ3) is 4.94. The van der Waals surface area contributed by atoms with Crippen LogP contribution in [0.15, 0.2) is 53.0 Å². The fraction of sp³-hybridized carbons (Fsp3) is 0.333. The second-order valence-corrected chi connectivity index (χ2v) is 6.11. The molecule has 2 aromatic carbocycles. The van der Waals surface area contributed by atoms with Crippen LogP contribution in [-0.4, -0.2) is 13.1 Å². The number of rotatable bonds is 7. The van der Waals surface area contributed by atoms with E-state index in [2.05, 4.69) is 46.4 Å². The highest BCUT2D eigenvalue weighted by molar-refractivity contribution is 9.10. The summed E-state index contributed by atoms with van der Waals surface area (Å²) < 4.78 is 14.2. The second kappa shape index (κ2) is 8.30. The molecule has 0 bridgehead atoms. The van der Waals surface area contributed by atoms with Gasteiger partial charge in [-0.25, -0.2) is 4.39 Å².